The van der Waals surface area contributed by atoms with Crippen molar-refractivity contribution >= 4 is 0 Å². The molecule has 0 aromatic heterocycles. The number of hydrogen-bond donors (Lipinski definition) is 1. The molecule has 1 heteroatoms. The summed E-state index contributed by atoms with van der Waals surface area (Å²) in [5.74, 6) is 0.595. The zero-order valence-electron chi connectivity index (χ0n) is 11.6. The Bertz CT molecular complexity index is 316. The predicted molar refractivity (Wildman–Crippen MR) is 74.2 cm³/mol. The minimum Gasteiger partial charge on any atom is -0.392 e. The van der Waals surface area contributed by atoms with Crippen LogP contribution in [0.4, 0.5) is 0 Å². The number of benzene rings is 1. The molecule has 96 valence electrons. The summed E-state index contributed by atoms with van der Waals surface area (Å²) >= 11 is 0. The van der Waals surface area contributed by atoms with E-state index >= 15 is 0 Å². The Balaban J connectivity index is 2.70. The van der Waals surface area contributed by atoms with E-state index in [4.69, 9.17) is 0 Å². The van der Waals surface area contributed by atoms with Crippen LogP contribution in [-0.2, 0) is 5.41 Å². The summed E-state index contributed by atoms with van der Waals surface area (Å²) in [5, 5.41) is 10.4. The highest BCUT2D eigenvalue weighted by Crippen LogP contribution is 2.31. The second-order valence-electron chi connectivity index (χ2n) is 5.73. The van der Waals surface area contributed by atoms with Crippen LogP contribution in [0.5, 0.6) is 0 Å². The van der Waals surface area contributed by atoms with E-state index in [1.54, 1.807) is 0 Å². The summed E-state index contributed by atoms with van der Waals surface area (Å²) in [5.41, 5.74) is 1.06. The van der Waals surface area contributed by atoms with Crippen molar-refractivity contribution < 1.29 is 5.11 Å². The maximum atomic E-state index is 10.4. The zero-order valence-corrected chi connectivity index (χ0v) is 11.6. The lowest BCUT2D eigenvalue weighted by Gasteiger charge is -2.32. The lowest BCUT2D eigenvalue weighted by Crippen LogP contribution is -2.34. The largest absolute Gasteiger partial charge is 0.392 e. The van der Waals surface area contributed by atoms with Crippen LogP contribution in [0.2, 0.25) is 0 Å². The Morgan fingerprint density at radius 2 is 1.76 bits per heavy atom. The van der Waals surface area contributed by atoms with Gasteiger partial charge in [0, 0.05) is 5.41 Å². The molecule has 1 rings (SSSR count). The first-order valence-electron chi connectivity index (χ1n) is 6.72. The SMILES string of the molecule is CCCC(C)CC(O)C(C)(C)c1ccccc1. The molecule has 0 amide bonds. The standard InChI is InChI=1S/C16H26O/c1-5-9-13(2)12-15(17)16(3,4)14-10-7-6-8-11-14/h6-8,10-11,13,15,17H,5,9,12H2,1-4H3. The van der Waals surface area contributed by atoms with Crippen LogP contribution >= 0.6 is 0 Å². The quantitative estimate of drug-likeness (QED) is 0.784. The van der Waals surface area contributed by atoms with Gasteiger partial charge < -0.3 is 5.11 Å². The van der Waals surface area contributed by atoms with Crippen LogP contribution in [0.15, 0.2) is 30.3 Å². The lowest BCUT2D eigenvalue weighted by atomic mass is 9.76. The maximum absolute atomic E-state index is 10.4. The second-order valence-corrected chi connectivity index (χ2v) is 5.73. The summed E-state index contributed by atoms with van der Waals surface area (Å²) in [7, 11) is 0. The number of aliphatic hydroxyl groups is 1. The Labute approximate surface area is 106 Å². The van der Waals surface area contributed by atoms with Gasteiger partial charge >= 0.3 is 0 Å². The van der Waals surface area contributed by atoms with E-state index in [1.807, 2.05) is 18.2 Å². The van der Waals surface area contributed by atoms with Gasteiger partial charge in [-0.1, -0.05) is 70.9 Å². The second kappa shape index (κ2) is 6.20. The average molecular weight is 234 g/mol. The molecule has 0 fully saturated rings. The van der Waals surface area contributed by atoms with Crippen LogP contribution < -0.4 is 0 Å². The number of rotatable bonds is 6. The van der Waals surface area contributed by atoms with E-state index < -0.39 is 0 Å². The Morgan fingerprint density at radius 1 is 1.18 bits per heavy atom. The molecule has 2 unspecified atom stereocenters. The first-order chi connectivity index (χ1) is 7.98. The number of hydrogen-bond acceptors (Lipinski definition) is 1. The Kier molecular flexibility index (Phi) is 5.20. The first kappa shape index (κ1) is 14.2. The summed E-state index contributed by atoms with van der Waals surface area (Å²) < 4.78 is 0. The molecule has 1 aromatic rings. The third kappa shape index (κ3) is 3.85. The van der Waals surface area contributed by atoms with Crippen LogP contribution in [0.3, 0.4) is 0 Å². The van der Waals surface area contributed by atoms with E-state index in [-0.39, 0.29) is 11.5 Å². The van der Waals surface area contributed by atoms with Crippen LogP contribution in [0, 0.1) is 5.92 Å². The molecule has 0 radical (unpaired) electrons. The maximum Gasteiger partial charge on any atom is 0.0634 e. The van der Waals surface area contributed by atoms with Crippen molar-refractivity contribution in [3.05, 3.63) is 35.9 Å². The summed E-state index contributed by atoms with van der Waals surface area (Å²) in [6.45, 7) is 8.69. The van der Waals surface area contributed by atoms with Gasteiger partial charge in [0.2, 0.25) is 0 Å². The Morgan fingerprint density at radius 3 is 2.29 bits per heavy atom. The fourth-order valence-corrected chi connectivity index (χ4v) is 2.35. The monoisotopic (exact) mass is 234 g/mol. The molecule has 0 saturated carbocycles. The minimum atomic E-state index is -0.272. The van der Waals surface area contributed by atoms with Crippen LogP contribution in [0.25, 0.3) is 0 Å². The minimum absolute atomic E-state index is 0.163. The van der Waals surface area contributed by atoms with E-state index in [0.717, 1.165) is 6.42 Å². The number of aliphatic hydroxyl groups excluding tert-OH is 1. The van der Waals surface area contributed by atoms with Gasteiger partial charge in [-0.25, -0.2) is 0 Å². The highest BCUT2D eigenvalue weighted by atomic mass is 16.3. The molecule has 1 nitrogen and oxygen atoms in total. The van der Waals surface area contributed by atoms with Crippen LogP contribution in [-0.4, -0.2) is 11.2 Å². The molecule has 1 aromatic carbocycles. The highest BCUT2D eigenvalue weighted by molar-refractivity contribution is 5.24. The van der Waals surface area contributed by atoms with Crippen molar-refractivity contribution in [2.24, 2.45) is 5.92 Å². The van der Waals surface area contributed by atoms with E-state index in [2.05, 4.69) is 39.8 Å². The molecule has 0 aliphatic rings. The van der Waals surface area contributed by atoms with Gasteiger partial charge in [0.1, 0.15) is 0 Å². The van der Waals surface area contributed by atoms with Gasteiger partial charge in [0.25, 0.3) is 0 Å². The van der Waals surface area contributed by atoms with Gasteiger partial charge in [-0.2, -0.15) is 0 Å². The Hall–Kier alpha value is -0.820. The van der Waals surface area contributed by atoms with Gasteiger partial charge in [0.05, 0.1) is 6.10 Å². The average Bonchev–Trinajstić information content (AvgIpc) is 2.30. The molecule has 0 aliphatic carbocycles. The van der Waals surface area contributed by atoms with E-state index in [9.17, 15) is 5.11 Å². The molecule has 0 aliphatic heterocycles. The zero-order chi connectivity index (χ0) is 12.9. The molecule has 0 heterocycles. The van der Waals surface area contributed by atoms with E-state index in [1.165, 1.54) is 18.4 Å². The van der Waals surface area contributed by atoms with Gasteiger partial charge in [0.15, 0.2) is 0 Å². The van der Waals surface area contributed by atoms with Gasteiger partial charge in [-0.05, 0) is 17.9 Å². The molecular formula is C16H26O. The smallest absolute Gasteiger partial charge is 0.0634 e. The molecular weight excluding hydrogens is 208 g/mol. The van der Waals surface area contributed by atoms with Gasteiger partial charge in [-0.3, -0.25) is 0 Å². The third-order valence-corrected chi connectivity index (χ3v) is 3.76. The fourth-order valence-electron chi connectivity index (χ4n) is 2.35. The normalized spacial score (nSPS) is 15.6. The first-order valence-corrected chi connectivity index (χ1v) is 6.72. The molecule has 2 atom stereocenters. The van der Waals surface area contributed by atoms with E-state index in [0.29, 0.717) is 5.92 Å². The van der Waals surface area contributed by atoms with Crippen molar-refractivity contribution in [1.82, 2.24) is 0 Å². The topological polar surface area (TPSA) is 20.2 Å². The summed E-state index contributed by atoms with van der Waals surface area (Å²) in [6.07, 6.45) is 3.00. The lowest BCUT2D eigenvalue weighted by molar-refractivity contribution is 0.0753. The van der Waals surface area contributed by atoms with Crippen LogP contribution in [0.1, 0.15) is 52.5 Å². The molecule has 0 saturated heterocycles. The van der Waals surface area contributed by atoms with Crippen molar-refractivity contribution in [1.29, 1.82) is 0 Å². The summed E-state index contributed by atoms with van der Waals surface area (Å²) in [6, 6.07) is 10.3. The molecule has 0 bridgehead atoms. The molecule has 1 N–H and O–H groups in total. The van der Waals surface area contributed by atoms with Gasteiger partial charge in [-0.15, -0.1) is 0 Å². The van der Waals surface area contributed by atoms with Crippen molar-refractivity contribution in [3.63, 3.8) is 0 Å². The molecule has 17 heavy (non-hydrogen) atoms. The fraction of sp³-hybridized carbons (Fsp3) is 0.625. The molecule has 0 spiro atoms. The van der Waals surface area contributed by atoms with Crippen molar-refractivity contribution in [2.75, 3.05) is 0 Å². The third-order valence-electron chi connectivity index (χ3n) is 3.76. The van der Waals surface area contributed by atoms with Crippen molar-refractivity contribution in [2.45, 2.75) is 58.5 Å². The predicted octanol–water partition coefficient (Wildman–Crippen LogP) is 4.15. The highest BCUT2D eigenvalue weighted by Gasteiger charge is 2.30. The summed E-state index contributed by atoms with van der Waals surface area (Å²) in [4.78, 5) is 0. The van der Waals surface area contributed by atoms with Crippen molar-refractivity contribution in [3.8, 4) is 0 Å².